The normalized spacial score (nSPS) is 11.8. The Morgan fingerprint density at radius 3 is 2.33 bits per heavy atom. The fraction of sp³-hybridized carbons (Fsp3) is 0.652. The SMILES string of the molecule is COc1cc(N)c(Cl)cc1C(=O)NCCN(C)C(=O)NCCC(C)(C)OCCC(C)(C)OC. The van der Waals surface area contributed by atoms with E-state index in [4.69, 9.17) is 31.5 Å². The Morgan fingerprint density at radius 2 is 1.73 bits per heavy atom. The van der Waals surface area contributed by atoms with E-state index in [1.165, 1.54) is 24.1 Å². The number of nitrogen functional groups attached to an aromatic ring is 1. The van der Waals surface area contributed by atoms with E-state index < -0.39 is 0 Å². The lowest BCUT2D eigenvalue weighted by Gasteiger charge is -2.29. The summed E-state index contributed by atoms with van der Waals surface area (Å²) >= 11 is 6.01. The van der Waals surface area contributed by atoms with Gasteiger partial charge in [-0.3, -0.25) is 4.79 Å². The van der Waals surface area contributed by atoms with Gasteiger partial charge in [0, 0.05) is 39.9 Å². The number of benzene rings is 1. The van der Waals surface area contributed by atoms with E-state index in [9.17, 15) is 9.59 Å². The number of carbonyl (C=O) groups excluding carboxylic acids is 2. The summed E-state index contributed by atoms with van der Waals surface area (Å²) in [6, 6.07) is 2.73. The van der Waals surface area contributed by atoms with Crippen molar-refractivity contribution in [3.63, 3.8) is 0 Å². The Hall–Kier alpha value is -2.23. The van der Waals surface area contributed by atoms with Crippen LogP contribution in [-0.4, -0.2) is 75.5 Å². The van der Waals surface area contributed by atoms with Crippen molar-refractivity contribution in [2.24, 2.45) is 0 Å². The van der Waals surface area contributed by atoms with Gasteiger partial charge in [-0.2, -0.15) is 0 Å². The number of anilines is 1. The molecule has 33 heavy (non-hydrogen) atoms. The zero-order valence-corrected chi connectivity index (χ0v) is 21.6. The van der Waals surface area contributed by atoms with Crippen LogP contribution in [0.15, 0.2) is 12.1 Å². The van der Waals surface area contributed by atoms with E-state index >= 15 is 0 Å². The van der Waals surface area contributed by atoms with Crippen LogP contribution in [0.1, 0.15) is 50.9 Å². The van der Waals surface area contributed by atoms with E-state index in [1.54, 1.807) is 14.2 Å². The van der Waals surface area contributed by atoms with Crippen LogP contribution < -0.4 is 21.1 Å². The minimum Gasteiger partial charge on any atom is -0.496 e. The van der Waals surface area contributed by atoms with Crippen LogP contribution >= 0.6 is 11.6 Å². The van der Waals surface area contributed by atoms with Crippen molar-refractivity contribution in [3.05, 3.63) is 22.7 Å². The van der Waals surface area contributed by atoms with E-state index in [2.05, 4.69) is 10.6 Å². The fourth-order valence-corrected chi connectivity index (χ4v) is 2.97. The Morgan fingerprint density at radius 1 is 1.06 bits per heavy atom. The Labute approximate surface area is 202 Å². The molecular formula is C23H39ClN4O5. The van der Waals surface area contributed by atoms with Crippen LogP contribution in [0.5, 0.6) is 5.75 Å². The number of nitrogens with one attached hydrogen (secondary N) is 2. The number of hydrogen-bond donors (Lipinski definition) is 3. The van der Waals surface area contributed by atoms with Crippen LogP contribution in [0.25, 0.3) is 0 Å². The summed E-state index contributed by atoms with van der Waals surface area (Å²) < 4.78 is 16.6. The topological polar surface area (TPSA) is 115 Å². The van der Waals surface area contributed by atoms with Crippen LogP contribution in [-0.2, 0) is 9.47 Å². The number of ether oxygens (including phenoxy) is 3. The molecule has 0 aliphatic carbocycles. The molecule has 1 aromatic carbocycles. The number of methoxy groups -OCH3 is 2. The van der Waals surface area contributed by atoms with Crippen molar-refractivity contribution in [2.75, 3.05) is 53.2 Å². The first-order chi connectivity index (χ1) is 15.3. The lowest BCUT2D eigenvalue weighted by atomic mass is 10.0. The van der Waals surface area contributed by atoms with Crippen LogP contribution in [0.4, 0.5) is 10.5 Å². The highest BCUT2D eigenvalue weighted by atomic mass is 35.5. The second kappa shape index (κ2) is 12.9. The molecule has 0 saturated heterocycles. The molecule has 1 rings (SSSR count). The molecule has 0 atom stereocenters. The smallest absolute Gasteiger partial charge is 0.317 e. The van der Waals surface area contributed by atoms with Gasteiger partial charge in [0.25, 0.3) is 5.91 Å². The summed E-state index contributed by atoms with van der Waals surface area (Å²) in [6.45, 7) is 9.66. The maximum atomic E-state index is 12.5. The molecule has 0 aromatic heterocycles. The van der Waals surface area contributed by atoms with Crippen molar-refractivity contribution in [2.45, 2.75) is 51.7 Å². The highest BCUT2D eigenvalue weighted by molar-refractivity contribution is 6.33. The van der Waals surface area contributed by atoms with Crippen LogP contribution in [0, 0.1) is 0 Å². The molecule has 188 valence electrons. The molecule has 0 fully saturated rings. The molecule has 4 N–H and O–H groups in total. The molecule has 10 heteroatoms. The maximum absolute atomic E-state index is 12.5. The summed E-state index contributed by atoms with van der Waals surface area (Å²) in [5, 5.41) is 5.90. The van der Waals surface area contributed by atoms with E-state index in [1.807, 2.05) is 27.7 Å². The molecule has 0 aliphatic heterocycles. The van der Waals surface area contributed by atoms with Gasteiger partial charge in [-0.15, -0.1) is 0 Å². The third kappa shape index (κ3) is 10.1. The number of rotatable bonds is 13. The average Bonchev–Trinajstić information content (AvgIpc) is 2.74. The van der Waals surface area contributed by atoms with Gasteiger partial charge in [-0.1, -0.05) is 11.6 Å². The standard InChI is InChI=1S/C23H39ClN4O5/c1-22(2,32-7)9-13-33-23(3,4)8-10-27-21(30)28(5)12-11-26-20(29)16-14-17(24)18(25)15-19(16)31-6/h14-15H,8-13,25H2,1-7H3,(H,26,29)(H,27,30). The number of nitrogens with two attached hydrogens (primary N) is 1. The van der Waals surface area contributed by atoms with Gasteiger partial charge in [-0.25, -0.2) is 4.79 Å². The second-order valence-corrected chi connectivity index (χ2v) is 9.46. The first kappa shape index (κ1) is 28.8. The molecule has 1 aromatic rings. The first-order valence-electron chi connectivity index (χ1n) is 10.9. The largest absolute Gasteiger partial charge is 0.496 e. The molecule has 0 heterocycles. The Balaban J connectivity index is 2.39. The molecule has 0 bridgehead atoms. The Kier molecular flexibility index (Phi) is 11.2. The van der Waals surface area contributed by atoms with Crippen molar-refractivity contribution in [3.8, 4) is 5.75 Å². The number of nitrogens with zero attached hydrogens (tertiary/aromatic N) is 1. The summed E-state index contributed by atoms with van der Waals surface area (Å²) in [4.78, 5) is 26.3. The monoisotopic (exact) mass is 486 g/mol. The van der Waals surface area contributed by atoms with Crippen molar-refractivity contribution in [1.29, 1.82) is 0 Å². The van der Waals surface area contributed by atoms with Crippen LogP contribution in [0.3, 0.4) is 0 Å². The predicted octanol–water partition coefficient (Wildman–Crippen LogP) is 3.30. The van der Waals surface area contributed by atoms with Gasteiger partial charge in [0.05, 0.1) is 41.2 Å². The van der Waals surface area contributed by atoms with Crippen LogP contribution in [0.2, 0.25) is 5.02 Å². The molecule has 0 radical (unpaired) electrons. The summed E-state index contributed by atoms with van der Waals surface area (Å²) in [6.07, 6.45) is 1.44. The van der Waals surface area contributed by atoms with Gasteiger partial charge in [0.2, 0.25) is 0 Å². The fourth-order valence-electron chi connectivity index (χ4n) is 2.80. The van der Waals surface area contributed by atoms with E-state index in [0.717, 1.165) is 6.42 Å². The zero-order chi connectivity index (χ0) is 25.2. The molecule has 9 nitrogen and oxygen atoms in total. The quantitative estimate of drug-likeness (QED) is 0.368. The van der Waals surface area contributed by atoms with Gasteiger partial charge < -0.3 is 35.5 Å². The summed E-state index contributed by atoms with van der Waals surface area (Å²) in [7, 11) is 4.80. The van der Waals surface area contributed by atoms with Gasteiger partial charge in [0.15, 0.2) is 0 Å². The molecule has 0 unspecified atom stereocenters. The summed E-state index contributed by atoms with van der Waals surface area (Å²) in [5.41, 5.74) is 5.75. The molecule has 0 aliphatic rings. The van der Waals surface area contributed by atoms with Gasteiger partial charge >= 0.3 is 6.03 Å². The third-order valence-corrected chi connectivity index (χ3v) is 5.72. The lowest BCUT2D eigenvalue weighted by Crippen LogP contribution is -2.43. The zero-order valence-electron chi connectivity index (χ0n) is 20.8. The van der Waals surface area contributed by atoms with Crippen molar-refractivity contribution >= 4 is 29.2 Å². The van der Waals surface area contributed by atoms with Crippen molar-refractivity contribution in [1.82, 2.24) is 15.5 Å². The molecular weight excluding hydrogens is 448 g/mol. The first-order valence-corrected chi connectivity index (χ1v) is 11.3. The lowest BCUT2D eigenvalue weighted by molar-refractivity contribution is -0.0605. The van der Waals surface area contributed by atoms with Crippen molar-refractivity contribution < 1.29 is 23.8 Å². The van der Waals surface area contributed by atoms with E-state index in [-0.39, 0.29) is 40.3 Å². The number of hydrogen-bond acceptors (Lipinski definition) is 6. The second-order valence-electron chi connectivity index (χ2n) is 9.06. The summed E-state index contributed by atoms with van der Waals surface area (Å²) in [5.74, 6) is -0.0331. The number of carbonyl (C=O) groups is 2. The minimum atomic E-state index is -0.372. The number of halogens is 1. The average molecular weight is 487 g/mol. The maximum Gasteiger partial charge on any atom is 0.317 e. The van der Waals surface area contributed by atoms with Gasteiger partial charge in [0.1, 0.15) is 5.75 Å². The highest BCUT2D eigenvalue weighted by Crippen LogP contribution is 2.28. The minimum absolute atomic E-state index is 0.228. The molecule has 0 spiro atoms. The highest BCUT2D eigenvalue weighted by Gasteiger charge is 2.22. The Bertz CT molecular complexity index is 801. The number of likely N-dealkylation sites (N-methyl/N-ethyl adjacent to an activating group) is 1. The third-order valence-electron chi connectivity index (χ3n) is 5.40. The molecule has 3 amide bonds. The number of amides is 3. The molecule has 0 saturated carbocycles. The predicted molar refractivity (Wildman–Crippen MR) is 131 cm³/mol. The van der Waals surface area contributed by atoms with E-state index in [0.29, 0.717) is 37.6 Å². The number of urea groups is 1. The van der Waals surface area contributed by atoms with Gasteiger partial charge in [-0.05, 0) is 46.6 Å².